The van der Waals surface area contributed by atoms with Gasteiger partial charge in [-0.1, -0.05) is 174 Å². The van der Waals surface area contributed by atoms with Crippen LogP contribution in [0, 0.1) is 0 Å². The quantitative estimate of drug-likeness (QED) is 0.0868. The highest BCUT2D eigenvalue weighted by Gasteiger charge is 2.21. The zero-order valence-corrected chi connectivity index (χ0v) is 37.1. The Morgan fingerprint density at radius 3 is 1.62 bits per heavy atom. The van der Waals surface area contributed by atoms with E-state index in [-0.39, 0.29) is 0 Å². The number of para-hydroxylation sites is 2. The van der Waals surface area contributed by atoms with Gasteiger partial charge in [0.1, 0.15) is 6.67 Å². The van der Waals surface area contributed by atoms with Crippen molar-refractivity contribution < 1.29 is 0 Å². The minimum atomic E-state index is 0.493. The van der Waals surface area contributed by atoms with Gasteiger partial charge in [-0.2, -0.15) is 0 Å². The van der Waals surface area contributed by atoms with Gasteiger partial charge in [0.05, 0.1) is 27.8 Å². The number of aliphatic imine (C=N–C) groups is 1. The van der Waals surface area contributed by atoms with Crippen LogP contribution in [0.5, 0.6) is 0 Å². The SMILES string of the molecule is C/C(=C\C(=N/Cn1c2cccc3c4cc5c6ccccc6n(-c6ccccc6)c5cc4c4cccc1c4c32)c1ccccc1)c1cccc(-c2ccccc2)c1.C=C.CC.CCC. The van der Waals surface area contributed by atoms with Crippen LogP contribution < -0.4 is 0 Å². The summed E-state index contributed by atoms with van der Waals surface area (Å²) in [6.45, 7) is 16.9. The van der Waals surface area contributed by atoms with Crippen molar-refractivity contribution in [1.29, 1.82) is 0 Å². The molecule has 2 heterocycles. The van der Waals surface area contributed by atoms with E-state index in [0.29, 0.717) is 6.67 Å². The molecule has 11 aromatic rings. The van der Waals surface area contributed by atoms with Gasteiger partial charge < -0.3 is 9.13 Å². The summed E-state index contributed by atoms with van der Waals surface area (Å²) in [5, 5.41) is 10.2. The molecule has 0 spiro atoms. The molecule has 0 unspecified atom stereocenters. The Morgan fingerprint density at radius 1 is 0.476 bits per heavy atom. The molecule has 0 saturated heterocycles. The molecule has 0 amide bonds. The van der Waals surface area contributed by atoms with Crippen LogP contribution in [0.3, 0.4) is 0 Å². The standard InChI is InChI=1S/C53H37N3.C3H8.C2H6.C2H4/c1-35(38-20-13-21-39(31-38)36-16-5-2-6-17-36)30-47(37-18-7-3-8-19-37)54-34-55-49-28-14-25-42-44-32-46-41-24-11-12-27-48(41)56(40-22-9-4-10-23-40)51(46)33-45(44)43-26-15-29-50(55)53(43)52(42)49;1-3-2;2*1-2/h2-33H,34H2,1H3;3H2,1-2H3;1-2H3;1-2H2/b35-30+,54-47+;;;. The second-order valence-corrected chi connectivity index (χ2v) is 15.5. The predicted molar refractivity (Wildman–Crippen MR) is 277 cm³/mol. The molecule has 0 atom stereocenters. The molecule has 0 aliphatic carbocycles. The fraction of sp³-hybridized carbons (Fsp3) is 0.117. The van der Waals surface area contributed by atoms with Crippen LogP contribution in [0.4, 0.5) is 0 Å². The molecule has 0 aliphatic rings. The maximum atomic E-state index is 5.43. The number of rotatable bonds is 7. The first-order valence-corrected chi connectivity index (χ1v) is 22.2. The monoisotopic (exact) mass is 817 g/mol. The van der Waals surface area contributed by atoms with E-state index in [2.05, 4.69) is 237 Å². The molecule has 0 fully saturated rings. The van der Waals surface area contributed by atoms with Crippen LogP contribution in [-0.2, 0) is 6.67 Å². The Labute approximate surface area is 371 Å². The van der Waals surface area contributed by atoms with E-state index >= 15 is 0 Å². The van der Waals surface area contributed by atoms with Gasteiger partial charge in [-0.25, -0.2) is 0 Å². The van der Waals surface area contributed by atoms with Crippen molar-refractivity contribution in [3.63, 3.8) is 0 Å². The van der Waals surface area contributed by atoms with Crippen LogP contribution in [0.15, 0.2) is 212 Å². The highest BCUT2D eigenvalue weighted by molar-refractivity contribution is 6.35. The summed E-state index contributed by atoms with van der Waals surface area (Å²) in [6, 6.07) is 67.9. The summed E-state index contributed by atoms with van der Waals surface area (Å²) >= 11 is 0. The third-order valence-electron chi connectivity index (χ3n) is 11.6. The number of aromatic nitrogens is 2. The molecular weight excluding hydrogens is 763 g/mol. The third kappa shape index (κ3) is 7.83. The second-order valence-electron chi connectivity index (χ2n) is 15.5. The van der Waals surface area contributed by atoms with Gasteiger partial charge >= 0.3 is 0 Å². The van der Waals surface area contributed by atoms with Crippen molar-refractivity contribution in [3.05, 3.63) is 218 Å². The Balaban J connectivity index is 0.000000738. The molecule has 0 N–H and O–H groups in total. The van der Waals surface area contributed by atoms with Crippen LogP contribution >= 0.6 is 0 Å². The van der Waals surface area contributed by atoms with Gasteiger partial charge in [0.2, 0.25) is 0 Å². The first-order chi connectivity index (χ1) is 31.1. The Bertz CT molecular complexity index is 3350. The molecule has 310 valence electrons. The second kappa shape index (κ2) is 19.1. The molecule has 0 radical (unpaired) electrons. The van der Waals surface area contributed by atoms with Crippen LogP contribution in [0.1, 0.15) is 52.2 Å². The van der Waals surface area contributed by atoms with Gasteiger partial charge in [0, 0.05) is 27.2 Å². The first kappa shape index (κ1) is 42.2. The van der Waals surface area contributed by atoms with Gasteiger partial charge in [-0.05, 0) is 111 Å². The smallest absolute Gasteiger partial charge is 0.115 e. The highest BCUT2D eigenvalue weighted by Crippen LogP contribution is 2.45. The van der Waals surface area contributed by atoms with Crippen molar-refractivity contribution in [2.24, 2.45) is 4.99 Å². The first-order valence-electron chi connectivity index (χ1n) is 22.2. The van der Waals surface area contributed by atoms with E-state index in [9.17, 15) is 0 Å². The summed E-state index contributed by atoms with van der Waals surface area (Å²) < 4.78 is 4.82. The third-order valence-corrected chi connectivity index (χ3v) is 11.6. The zero-order chi connectivity index (χ0) is 43.9. The van der Waals surface area contributed by atoms with E-state index in [1.54, 1.807) is 0 Å². The molecule has 3 heteroatoms. The average Bonchev–Trinajstić information content (AvgIpc) is 3.86. The fourth-order valence-corrected chi connectivity index (χ4v) is 8.94. The van der Waals surface area contributed by atoms with Gasteiger partial charge in [0.15, 0.2) is 0 Å². The van der Waals surface area contributed by atoms with Crippen LogP contribution in [-0.4, -0.2) is 14.8 Å². The van der Waals surface area contributed by atoms with Crippen molar-refractivity contribution in [2.75, 3.05) is 0 Å². The van der Waals surface area contributed by atoms with E-state index in [1.807, 2.05) is 13.8 Å². The maximum Gasteiger partial charge on any atom is 0.115 e. The number of nitrogens with zero attached hydrogens (tertiary/aromatic N) is 3. The number of allylic oxidation sites excluding steroid dienone is 2. The van der Waals surface area contributed by atoms with E-state index in [4.69, 9.17) is 4.99 Å². The van der Waals surface area contributed by atoms with Crippen LogP contribution in [0.25, 0.3) is 87.5 Å². The Hall–Kier alpha value is -7.49. The summed E-state index contributed by atoms with van der Waals surface area (Å²) in [4.78, 5) is 5.43. The van der Waals surface area contributed by atoms with E-state index < -0.39 is 0 Å². The molecule has 0 bridgehead atoms. The van der Waals surface area contributed by atoms with Crippen molar-refractivity contribution in [1.82, 2.24) is 9.13 Å². The largest absolute Gasteiger partial charge is 0.320 e. The highest BCUT2D eigenvalue weighted by atomic mass is 15.1. The number of benzene rings is 9. The normalized spacial score (nSPS) is 11.7. The van der Waals surface area contributed by atoms with Crippen molar-refractivity contribution >= 4 is 76.4 Å². The summed E-state index contributed by atoms with van der Waals surface area (Å²) in [6.07, 6.45) is 3.50. The number of fused-ring (bicyclic) bond motifs is 6. The molecule has 2 aromatic heterocycles. The molecule has 3 nitrogen and oxygen atoms in total. The Morgan fingerprint density at radius 2 is 0.968 bits per heavy atom. The molecule has 0 aliphatic heterocycles. The molecule has 63 heavy (non-hydrogen) atoms. The Kier molecular flexibility index (Phi) is 12.8. The molecular formula is C60H55N3. The molecule has 9 aromatic carbocycles. The number of hydrogen-bond donors (Lipinski definition) is 0. The fourth-order valence-electron chi connectivity index (χ4n) is 8.94. The summed E-state index contributed by atoms with van der Waals surface area (Å²) in [7, 11) is 0. The average molecular weight is 818 g/mol. The summed E-state index contributed by atoms with van der Waals surface area (Å²) in [5.74, 6) is 0. The molecule has 11 rings (SSSR count). The van der Waals surface area contributed by atoms with E-state index in [1.165, 1.54) is 99.5 Å². The number of hydrogen-bond acceptors (Lipinski definition) is 1. The maximum absolute atomic E-state index is 5.43. The lowest BCUT2D eigenvalue weighted by molar-refractivity contribution is 0.794. The van der Waals surface area contributed by atoms with Crippen molar-refractivity contribution in [2.45, 2.75) is 47.7 Å². The topological polar surface area (TPSA) is 22.2 Å². The lowest BCUT2D eigenvalue weighted by atomic mass is 9.93. The minimum absolute atomic E-state index is 0.493. The molecule has 0 saturated carbocycles. The van der Waals surface area contributed by atoms with Gasteiger partial charge in [-0.15, -0.1) is 13.2 Å². The van der Waals surface area contributed by atoms with E-state index in [0.717, 1.165) is 11.3 Å². The predicted octanol–water partition coefficient (Wildman–Crippen LogP) is 17.1. The lowest BCUT2D eigenvalue weighted by Gasteiger charge is -2.11. The summed E-state index contributed by atoms with van der Waals surface area (Å²) in [5.41, 5.74) is 12.9. The van der Waals surface area contributed by atoms with Crippen LogP contribution in [0.2, 0.25) is 0 Å². The van der Waals surface area contributed by atoms with Crippen molar-refractivity contribution in [3.8, 4) is 16.8 Å². The van der Waals surface area contributed by atoms with Gasteiger partial charge in [-0.3, -0.25) is 4.99 Å². The zero-order valence-electron chi connectivity index (χ0n) is 37.1. The lowest BCUT2D eigenvalue weighted by Crippen LogP contribution is -2.03. The minimum Gasteiger partial charge on any atom is -0.320 e. The van der Waals surface area contributed by atoms with Gasteiger partial charge in [0.25, 0.3) is 0 Å².